The summed E-state index contributed by atoms with van der Waals surface area (Å²) in [5, 5.41) is 8.87. The van der Waals surface area contributed by atoms with Gasteiger partial charge >= 0.3 is 0 Å². The fraction of sp³-hybridized carbons (Fsp3) is 0.750. The van der Waals surface area contributed by atoms with Crippen LogP contribution in [0, 0.1) is 0 Å². The molecule has 0 radical (unpaired) electrons. The van der Waals surface area contributed by atoms with Crippen molar-refractivity contribution in [3.63, 3.8) is 0 Å². The van der Waals surface area contributed by atoms with E-state index in [0.29, 0.717) is 0 Å². The second kappa shape index (κ2) is 3.47. The van der Waals surface area contributed by atoms with Gasteiger partial charge in [-0.2, -0.15) is 0 Å². The standard InChI is InChI=1S/C4H8N2O2S2/c1-2-9-6-4(8)10-3(7)5-6/h4,8H,2H2,1H3,(H,5,7). The van der Waals surface area contributed by atoms with Gasteiger partial charge in [0, 0.05) is 5.75 Å². The Morgan fingerprint density at radius 3 is 3.10 bits per heavy atom. The lowest BCUT2D eigenvalue weighted by Crippen LogP contribution is -2.31. The molecular weight excluding hydrogens is 172 g/mol. The number of nitrogens with zero attached hydrogens (tertiary/aromatic N) is 1. The Bertz CT molecular complexity index is 143. The molecule has 1 rings (SSSR count). The molecule has 0 spiro atoms. The van der Waals surface area contributed by atoms with Crippen LogP contribution in [0.2, 0.25) is 0 Å². The fourth-order valence-corrected chi connectivity index (χ4v) is 1.96. The van der Waals surface area contributed by atoms with E-state index in [1.807, 2.05) is 6.92 Å². The highest BCUT2D eigenvalue weighted by atomic mass is 32.2. The smallest absolute Gasteiger partial charge is 0.298 e. The van der Waals surface area contributed by atoms with E-state index >= 15 is 0 Å². The number of rotatable bonds is 2. The van der Waals surface area contributed by atoms with Gasteiger partial charge in [0.05, 0.1) is 0 Å². The number of thioether (sulfide) groups is 1. The van der Waals surface area contributed by atoms with Crippen LogP contribution in [0.3, 0.4) is 0 Å². The topological polar surface area (TPSA) is 52.6 Å². The normalized spacial score (nSPS) is 27.0. The van der Waals surface area contributed by atoms with Crippen LogP contribution < -0.4 is 5.43 Å². The highest BCUT2D eigenvalue weighted by molar-refractivity contribution is 8.15. The second-order valence-electron chi connectivity index (χ2n) is 1.59. The van der Waals surface area contributed by atoms with Gasteiger partial charge in [0.15, 0.2) is 5.56 Å². The van der Waals surface area contributed by atoms with Crippen molar-refractivity contribution in [2.24, 2.45) is 0 Å². The second-order valence-corrected chi connectivity index (χ2v) is 3.84. The van der Waals surface area contributed by atoms with Gasteiger partial charge in [-0.15, -0.1) is 4.41 Å². The van der Waals surface area contributed by atoms with Crippen molar-refractivity contribution in [1.82, 2.24) is 9.84 Å². The minimum Gasteiger partial charge on any atom is -0.367 e. The first-order valence-electron chi connectivity index (χ1n) is 2.81. The number of aliphatic hydroxyl groups excluding tert-OH is 1. The molecule has 0 aromatic carbocycles. The summed E-state index contributed by atoms with van der Waals surface area (Å²) in [6.07, 6.45) is 0. The number of hydrazine groups is 1. The van der Waals surface area contributed by atoms with Gasteiger partial charge in [-0.25, -0.2) is 0 Å². The van der Waals surface area contributed by atoms with Gasteiger partial charge in [-0.1, -0.05) is 18.9 Å². The zero-order valence-corrected chi connectivity index (χ0v) is 7.04. The van der Waals surface area contributed by atoms with E-state index in [4.69, 9.17) is 5.11 Å². The van der Waals surface area contributed by atoms with E-state index in [0.717, 1.165) is 17.5 Å². The molecule has 58 valence electrons. The van der Waals surface area contributed by atoms with Crippen LogP contribution in [-0.2, 0) is 0 Å². The molecule has 0 aliphatic carbocycles. The zero-order chi connectivity index (χ0) is 7.56. The van der Waals surface area contributed by atoms with Crippen molar-refractivity contribution in [2.75, 3.05) is 5.75 Å². The van der Waals surface area contributed by atoms with Crippen molar-refractivity contribution >= 4 is 28.9 Å². The van der Waals surface area contributed by atoms with Gasteiger partial charge in [0.2, 0.25) is 0 Å². The molecule has 1 aliphatic heterocycles. The molecule has 0 aromatic rings. The predicted molar refractivity (Wildman–Crippen MR) is 42.1 cm³/mol. The molecule has 2 N–H and O–H groups in total. The molecule has 1 amide bonds. The summed E-state index contributed by atoms with van der Waals surface area (Å²) < 4.78 is 1.44. The number of carbonyl (C=O) groups is 1. The summed E-state index contributed by atoms with van der Waals surface area (Å²) in [5.41, 5.74) is 1.74. The maximum Gasteiger partial charge on any atom is 0.298 e. The van der Waals surface area contributed by atoms with Crippen LogP contribution in [0.15, 0.2) is 0 Å². The van der Waals surface area contributed by atoms with Crippen molar-refractivity contribution in [3.05, 3.63) is 0 Å². The van der Waals surface area contributed by atoms with E-state index < -0.39 is 5.56 Å². The molecule has 1 heterocycles. The Kier molecular flexibility index (Phi) is 2.84. The fourth-order valence-electron chi connectivity index (χ4n) is 0.550. The molecule has 10 heavy (non-hydrogen) atoms. The molecule has 1 unspecified atom stereocenters. The lowest BCUT2D eigenvalue weighted by Gasteiger charge is -2.14. The van der Waals surface area contributed by atoms with Crippen LogP contribution in [-0.4, -0.2) is 26.1 Å². The van der Waals surface area contributed by atoms with Crippen molar-refractivity contribution < 1.29 is 9.90 Å². The average Bonchev–Trinajstić information content (AvgIpc) is 2.13. The van der Waals surface area contributed by atoms with Crippen LogP contribution in [0.4, 0.5) is 4.79 Å². The molecule has 1 atom stereocenters. The van der Waals surface area contributed by atoms with E-state index in [2.05, 4.69) is 5.43 Å². The Morgan fingerprint density at radius 2 is 2.70 bits per heavy atom. The third kappa shape index (κ3) is 1.79. The van der Waals surface area contributed by atoms with E-state index in [1.165, 1.54) is 16.4 Å². The molecule has 0 bridgehead atoms. The maximum atomic E-state index is 10.6. The van der Waals surface area contributed by atoms with E-state index in [-0.39, 0.29) is 5.24 Å². The van der Waals surface area contributed by atoms with Gasteiger partial charge in [0.1, 0.15) is 0 Å². The van der Waals surface area contributed by atoms with Crippen LogP contribution >= 0.6 is 23.7 Å². The molecule has 1 fully saturated rings. The molecule has 1 saturated heterocycles. The predicted octanol–water partition coefficient (Wildman–Crippen LogP) is 0.604. The van der Waals surface area contributed by atoms with Crippen LogP contribution in [0.1, 0.15) is 6.92 Å². The number of aliphatic hydroxyl groups is 1. The molecule has 1 aliphatic rings. The Balaban J connectivity index is 2.38. The monoisotopic (exact) mass is 180 g/mol. The Morgan fingerprint density at radius 1 is 2.00 bits per heavy atom. The molecule has 0 aromatic heterocycles. The third-order valence-electron chi connectivity index (χ3n) is 0.883. The summed E-state index contributed by atoms with van der Waals surface area (Å²) >= 11 is 2.26. The lowest BCUT2D eigenvalue weighted by atomic mass is 11.0. The SMILES string of the molecule is CCSN1NC(=O)SC1O. The Labute approximate surface area is 67.4 Å². The highest BCUT2D eigenvalue weighted by Gasteiger charge is 2.28. The quantitative estimate of drug-likeness (QED) is 0.610. The zero-order valence-electron chi connectivity index (χ0n) is 5.40. The van der Waals surface area contributed by atoms with Gasteiger partial charge in [-0.3, -0.25) is 10.2 Å². The van der Waals surface area contributed by atoms with E-state index in [1.54, 1.807) is 0 Å². The van der Waals surface area contributed by atoms with Crippen molar-refractivity contribution in [1.29, 1.82) is 0 Å². The lowest BCUT2D eigenvalue weighted by molar-refractivity contribution is 0.141. The first-order valence-corrected chi connectivity index (χ1v) is 4.63. The summed E-state index contributed by atoms with van der Waals surface area (Å²) in [7, 11) is 0. The molecular formula is C4H8N2O2S2. The van der Waals surface area contributed by atoms with Crippen molar-refractivity contribution in [3.8, 4) is 0 Å². The number of hydrogen-bond acceptors (Lipinski definition) is 5. The minimum atomic E-state index is -0.738. The molecule has 6 heteroatoms. The van der Waals surface area contributed by atoms with Gasteiger partial charge < -0.3 is 5.11 Å². The van der Waals surface area contributed by atoms with Crippen molar-refractivity contribution in [2.45, 2.75) is 12.5 Å². The highest BCUT2D eigenvalue weighted by Crippen LogP contribution is 2.25. The minimum absolute atomic E-state index is 0.201. The average molecular weight is 180 g/mol. The van der Waals surface area contributed by atoms with Gasteiger partial charge in [-0.05, 0) is 11.8 Å². The third-order valence-corrected chi connectivity index (χ3v) is 2.57. The van der Waals surface area contributed by atoms with Crippen LogP contribution in [0.25, 0.3) is 0 Å². The summed E-state index contributed by atoms with van der Waals surface area (Å²) in [4.78, 5) is 10.6. The van der Waals surface area contributed by atoms with E-state index in [9.17, 15) is 4.79 Å². The summed E-state index contributed by atoms with van der Waals surface area (Å²) in [6.45, 7) is 1.95. The number of hydrogen-bond donors (Lipinski definition) is 2. The maximum absolute atomic E-state index is 10.6. The first-order chi connectivity index (χ1) is 4.74. The number of nitrogens with one attached hydrogen (secondary N) is 1. The Hall–Kier alpha value is 0.0900. The number of carbonyl (C=O) groups excluding carboxylic acids is 1. The number of amides is 1. The summed E-state index contributed by atoms with van der Waals surface area (Å²) in [6, 6.07) is 0. The summed E-state index contributed by atoms with van der Waals surface area (Å²) in [5.74, 6) is 0.831. The largest absolute Gasteiger partial charge is 0.367 e. The molecule has 4 nitrogen and oxygen atoms in total. The first kappa shape index (κ1) is 8.19. The van der Waals surface area contributed by atoms with Gasteiger partial charge in [0.25, 0.3) is 5.24 Å². The molecule has 0 saturated carbocycles. The van der Waals surface area contributed by atoms with Crippen LogP contribution in [0.5, 0.6) is 0 Å².